The van der Waals surface area contributed by atoms with E-state index in [1.807, 2.05) is 11.8 Å². The molecule has 1 unspecified atom stereocenters. The summed E-state index contributed by atoms with van der Waals surface area (Å²) in [7, 11) is 0. The molecule has 1 fully saturated rings. The van der Waals surface area contributed by atoms with Crippen LogP contribution in [0, 0.1) is 11.6 Å². The normalized spacial score (nSPS) is 16.1. The lowest BCUT2D eigenvalue weighted by Crippen LogP contribution is -2.57. The molecule has 0 bridgehead atoms. The van der Waals surface area contributed by atoms with Crippen molar-refractivity contribution in [2.24, 2.45) is 0 Å². The third-order valence-corrected chi connectivity index (χ3v) is 4.64. The first kappa shape index (κ1) is 22.2. The van der Waals surface area contributed by atoms with Gasteiger partial charge >= 0.3 is 12.0 Å². The number of nitrogens with one attached hydrogen (secondary N) is 1. The summed E-state index contributed by atoms with van der Waals surface area (Å²) in [6, 6.07) is 4.04. The molecule has 0 spiro atoms. The van der Waals surface area contributed by atoms with E-state index in [2.05, 4.69) is 15.3 Å². The lowest BCUT2D eigenvalue weighted by molar-refractivity contribution is -0.141. The van der Waals surface area contributed by atoms with Gasteiger partial charge in [-0.1, -0.05) is 0 Å². The average Bonchev–Trinajstić information content (AvgIpc) is 2.74. The van der Waals surface area contributed by atoms with Crippen molar-refractivity contribution >= 4 is 17.8 Å². The van der Waals surface area contributed by atoms with Gasteiger partial charge in [0.25, 0.3) is 0 Å². The van der Waals surface area contributed by atoms with E-state index in [4.69, 9.17) is 9.47 Å². The predicted molar refractivity (Wildman–Crippen MR) is 107 cm³/mol. The van der Waals surface area contributed by atoms with Crippen molar-refractivity contribution in [1.82, 2.24) is 20.2 Å². The Bertz CT molecular complexity index is 946. The third-order valence-electron chi connectivity index (χ3n) is 4.64. The number of urea groups is 1. The summed E-state index contributed by atoms with van der Waals surface area (Å²) in [4.78, 5) is 35.5. The molecule has 1 atom stereocenters. The van der Waals surface area contributed by atoms with Crippen LogP contribution in [-0.4, -0.2) is 65.7 Å². The van der Waals surface area contributed by atoms with E-state index in [0.717, 1.165) is 12.1 Å². The van der Waals surface area contributed by atoms with Crippen LogP contribution in [0.2, 0.25) is 0 Å². The lowest BCUT2D eigenvalue weighted by atomic mass is 10.2. The summed E-state index contributed by atoms with van der Waals surface area (Å²) in [5.74, 6) is -1.53. The molecule has 11 heteroatoms. The average molecular weight is 435 g/mol. The number of rotatable bonds is 6. The molecule has 2 aromatic rings. The molecule has 1 aliphatic rings. The molecule has 0 saturated carbocycles. The van der Waals surface area contributed by atoms with E-state index in [1.165, 1.54) is 12.4 Å². The Morgan fingerprint density at radius 1 is 1.23 bits per heavy atom. The van der Waals surface area contributed by atoms with Gasteiger partial charge in [0.1, 0.15) is 24.5 Å². The lowest BCUT2D eigenvalue weighted by Gasteiger charge is -2.40. The monoisotopic (exact) mass is 435 g/mol. The zero-order valence-corrected chi connectivity index (χ0v) is 17.2. The SMILES string of the molecule is CCOC(=O)CNC(=O)N1CCN(c2cc(Oc3ccc(F)cc3F)ncn2)CC1C. The van der Waals surface area contributed by atoms with Crippen LogP contribution in [0.4, 0.5) is 19.4 Å². The Balaban J connectivity index is 1.60. The molecule has 2 heterocycles. The number of aromatic nitrogens is 2. The summed E-state index contributed by atoms with van der Waals surface area (Å²) >= 11 is 0. The minimum absolute atomic E-state index is 0.109. The van der Waals surface area contributed by atoms with Crippen LogP contribution in [0.5, 0.6) is 11.6 Å². The maximum Gasteiger partial charge on any atom is 0.325 e. The summed E-state index contributed by atoms with van der Waals surface area (Å²) in [6.07, 6.45) is 1.29. The molecule has 0 aliphatic carbocycles. The highest BCUT2D eigenvalue weighted by Gasteiger charge is 2.28. The number of carbonyl (C=O) groups excluding carboxylic acids is 2. The van der Waals surface area contributed by atoms with Crippen molar-refractivity contribution in [3.05, 3.63) is 42.2 Å². The van der Waals surface area contributed by atoms with Crippen LogP contribution in [0.3, 0.4) is 0 Å². The highest BCUT2D eigenvalue weighted by Crippen LogP contribution is 2.26. The van der Waals surface area contributed by atoms with Crippen LogP contribution >= 0.6 is 0 Å². The Labute approximate surface area is 178 Å². The fourth-order valence-electron chi connectivity index (χ4n) is 3.16. The highest BCUT2D eigenvalue weighted by atomic mass is 19.1. The predicted octanol–water partition coefficient (Wildman–Crippen LogP) is 2.33. The second-order valence-electron chi connectivity index (χ2n) is 6.84. The molecule has 0 radical (unpaired) electrons. The number of ether oxygens (including phenoxy) is 2. The molecular weight excluding hydrogens is 412 g/mol. The number of piperazine rings is 1. The van der Waals surface area contributed by atoms with Crippen molar-refractivity contribution in [2.45, 2.75) is 19.9 Å². The van der Waals surface area contributed by atoms with Gasteiger partial charge in [-0.05, 0) is 26.0 Å². The standard InChI is InChI=1S/C20H23F2N5O4/c1-3-30-19(28)10-23-20(29)27-7-6-26(11-13(27)2)17-9-18(25-12-24-17)31-16-5-4-14(21)8-15(16)22/h4-5,8-9,12-13H,3,6-7,10-11H2,1-2H3,(H,23,29). The zero-order chi connectivity index (χ0) is 22.4. The van der Waals surface area contributed by atoms with Crippen LogP contribution < -0.4 is 15.0 Å². The number of anilines is 1. The zero-order valence-electron chi connectivity index (χ0n) is 17.2. The first-order chi connectivity index (χ1) is 14.9. The van der Waals surface area contributed by atoms with Gasteiger partial charge in [0.2, 0.25) is 5.88 Å². The maximum absolute atomic E-state index is 13.8. The molecule has 1 aliphatic heterocycles. The second kappa shape index (κ2) is 10.0. The van der Waals surface area contributed by atoms with Crippen molar-refractivity contribution in [3.8, 4) is 11.6 Å². The van der Waals surface area contributed by atoms with E-state index in [0.29, 0.717) is 25.5 Å². The molecule has 2 amide bonds. The van der Waals surface area contributed by atoms with Gasteiger partial charge in [-0.25, -0.2) is 23.5 Å². The maximum atomic E-state index is 13.8. The highest BCUT2D eigenvalue weighted by molar-refractivity contribution is 5.81. The topological polar surface area (TPSA) is 96.9 Å². The molecule has 1 aromatic heterocycles. The fourth-order valence-corrected chi connectivity index (χ4v) is 3.16. The van der Waals surface area contributed by atoms with E-state index < -0.39 is 17.6 Å². The van der Waals surface area contributed by atoms with Crippen molar-refractivity contribution < 1.29 is 27.8 Å². The van der Waals surface area contributed by atoms with Crippen LogP contribution in [0.25, 0.3) is 0 Å². The molecule has 1 aromatic carbocycles. The number of amides is 2. The molecule has 1 saturated heterocycles. The van der Waals surface area contributed by atoms with Crippen molar-refractivity contribution in [2.75, 3.05) is 37.7 Å². The Kier molecular flexibility index (Phi) is 7.16. The number of halogens is 2. The van der Waals surface area contributed by atoms with Gasteiger partial charge < -0.3 is 24.6 Å². The van der Waals surface area contributed by atoms with Gasteiger partial charge in [0, 0.05) is 37.8 Å². The summed E-state index contributed by atoms with van der Waals surface area (Å²) in [5.41, 5.74) is 0. The number of carbonyl (C=O) groups is 2. The van der Waals surface area contributed by atoms with Gasteiger partial charge in [-0.2, -0.15) is 0 Å². The molecule has 31 heavy (non-hydrogen) atoms. The smallest absolute Gasteiger partial charge is 0.325 e. The number of esters is 1. The van der Waals surface area contributed by atoms with E-state index in [9.17, 15) is 18.4 Å². The fraction of sp³-hybridized carbons (Fsp3) is 0.400. The quantitative estimate of drug-likeness (QED) is 0.696. The second-order valence-corrected chi connectivity index (χ2v) is 6.84. The minimum Gasteiger partial charge on any atom is -0.465 e. The van der Waals surface area contributed by atoms with Gasteiger partial charge in [-0.3, -0.25) is 4.79 Å². The summed E-state index contributed by atoms with van der Waals surface area (Å²) in [6.45, 7) is 5.01. The first-order valence-electron chi connectivity index (χ1n) is 9.77. The molecule has 1 N–H and O–H groups in total. The van der Waals surface area contributed by atoms with Gasteiger partial charge in [-0.15, -0.1) is 0 Å². The Hall–Kier alpha value is -3.50. The number of hydrogen-bond acceptors (Lipinski definition) is 7. The van der Waals surface area contributed by atoms with Gasteiger partial charge in [0.05, 0.1) is 6.61 Å². The molecule has 166 valence electrons. The number of hydrogen-bond donors (Lipinski definition) is 1. The summed E-state index contributed by atoms with van der Waals surface area (Å²) < 4.78 is 37.1. The Morgan fingerprint density at radius 3 is 2.74 bits per heavy atom. The van der Waals surface area contributed by atoms with Crippen molar-refractivity contribution in [1.29, 1.82) is 0 Å². The minimum atomic E-state index is -0.837. The number of benzene rings is 1. The largest absolute Gasteiger partial charge is 0.465 e. The van der Waals surface area contributed by atoms with Crippen LogP contribution in [0.15, 0.2) is 30.6 Å². The third kappa shape index (κ3) is 5.77. The van der Waals surface area contributed by atoms with Crippen LogP contribution in [0.1, 0.15) is 13.8 Å². The van der Waals surface area contributed by atoms with Crippen LogP contribution in [-0.2, 0) is 9.53 Å². The number of nitrogens with zero attached hydrogens (tertiary/aromatic N) is 4. The molecular formula is C20H23F2N5O4. The van der Waals surface area contributed by atoms with Gasteiger partial charge in [0.15, 0.2) is 11.6 Å². The molecule has 3 rings (SSSR count). The first-order valence-corrected chi connectivity index (χ1v) is 9.77. The van der Waals surface area contributed by atoms with Crippen molar-refractivity contribution in [3.63, 3.8) is 0 Å². The molecule has 9 nitrogen and oxygen atoms in total. The summed E-state index contributed by atoms with van der Waals surface area (Å²) in [5, 5.41) is 2.55. The Morgan fingerprint density at radius 2 is 2.03 bits per heavy atom. The van der Waals surface area contributed by atoms with E-state index in [-0.39, 0.29) is 36.9 Å². The van der Waals surface area contributed by atoms with E-state index >= 15 is 0 Å². The van der Waals surface area contributed by atoms with E-state index in [1.54, 1.807) is 17.9 Å².